The van der Waals surface area contributed by atoms with Gasteiger partial charge in [-0.15, -0.1) is 11.3 Å². The van der Waals surface area contributed by atoms with Crippen molar-refractivity contribution in [2.24, 2.45) is 0 Å². The first-order valence-electron chi connectivity index (χ1n) is 4.72. The zero-order valence-electron chi connectivity index (χ0n) is 8.70. The predicted octanol–water partition coefficient (Wildman–Crippen LogP) is 2.80. The van der Waals surface area contributed by atoms with E-state index in [9.17, 15) is 0 Å². The van der Waals surface area contributed by atoms with Crippen molar-refractivity contribution >= 4 is 39.0 Å². The Morgan fingerprint density at radius 2 is 2.31 bits per heavy atom. The highest BCUT2D eigenvalue weighted by Crippen LogP contribution is 2.21. The van der Waals surface area contributed by atoms with Crippen LogP contribution >= 0.6 is 27.3 Å². The summed E-state index contributed by atoms with van der Waals surface area (Å²) in [5, 5.41) is 3.22. The van der Waals surface area contributed by atoms with E-state index in [1.807, 2.05) is 0 Å². The first kappa shape index (κ1) is 11.3. The molecule has 0 aliphatic rings. The number of aryl methyl sites for hydroxylation is 1. The number of nitrogen functional groups attached to an aromatic ring is 1. The van der Waals surface area contributed by atoms with Crippen molar-refractivity contribution in [1.82, 2.24) is 9.97 Å². The molecule has 2 heterocycles. The molecule has 2 aromatic rings. The molecule has 0 unspecified atom stereocenters. The first-order chi connectivity index (χ1) is 7.65. The molecule has 0 bridgehead atoms. The van der Waals surface area contributed by atoms with E-state index in [1.54, 1.807) is 17.5 Å². The topological polar surface area (TPSA) is 63.8 Å². The summed E-state index contributed by atoms with van der Waals surface area (Å²) in [6.07, 6.45) is 1.64. The van der Waals surface area contributed by atoms with E-state index >= 15 is 0 Å². The van der Waals surface area contributed by atoms with Crippen molar-refractivity contribution in [3.8, 4) is 0 Å². The lowest BCUT2D eigenvalue weighted by Crippen LogP contribution is -2.04. The van der Waals surface area contributed by atoms with Crippen molar-refractivity contribution in [2.75, 3.05) is 11.1 Å². The molecule has 0 spiro atoms. The Kier molecular flexibility index (Phi) is 3.40. The molecule has 84 valence electrons. The summed E-state index contributed by atoms with van der Waals surface area (Å²) >= 11 is 5.13. The minimum absolute atomic E-state index is 0.271. The van der Waals surface area contributed by atoms with Crippen LogP contribution in [0.2, 0.25) is 0 Å². The van der Waals surface area contributed by atoms with Crippen LogP contribution in [0, 0.1) is 6.92 Å². The van der Waals surface area contributed by atoms with E-state index in [1.165, 1.54) is 9.75 Å². The van der Waals surface area contributed by atoms with Gasteiger partial charge in [0.25, 0.3) is 0 Å². The van der Waals surface area contributed by atoms with E-state index in [-0.39, 0.29) is 5.95 Å². The molecule has 16 heavy (non-hydrogen) atoms. The molecule has 0 aromatic carbocycles. The third kappa shape index (κ3) is 2.70. The number of nitrogens with zero attached hydrogens (tertiary/aromatic N) is 2. The van der Waals surface area contributed by atoms with Crippen LogP contribution in [0.15, 0.2) is 22.8 Å². The van der Waals surface area contributed by atoms with Crippen molar-refractivity contribution in [1.29, 1.82) is 0 Å². The van der Waals surface area contributed by atoms with Gasteiger partial charge in [-0.25, -0.2) is 4.98 Å². The van der Waals surface area contributed by atoms with Gasteiger partial charge >= 0.3 is 0 Å². The molecule has 2 aromatic heterocycles. The number of aromatic nitrogens is 2. The van der Waals surface area contributed by atoms with Crippen LogP contribution in [0.1, 0.15) is 9.75 Å². The Morgan fingerprint density at radius 1 is 1.50 bits per heavy atom. The SMILES string of the molecule is Cc1ccc(CNc2nc(N)ncc2Br)s1. The fourth-order valence-electron chi connectivity index (χ4n) is 1.26. The molecule has 0 amide bonds. The van der Waals surface area contributed by atoms with Gasteiger partial charge in [0.1, 0.15) is 5.82 Å². The van der Waals surface area contributed by atoms with E-state index in [0.29, 0.717) is 0 Å². The Labute approximate surface area is 106 Å². The second-order valence-electron chi connectivity index (χ2n) is 3.29. The minimum atomic E-state index is 0.271. The van der Waals surface area contributed by atoms with Crippen LogP contribution in [0.4, 0.5) is 11.8 Å². The molecule has 2 rings (SSSR count). The number of thiophene rings is 1. The third-order valence-electron chi connectivity index (χ3n) is 1.99. The van der Waals surface area contributed by atoms with Gasteiger partial charge in [0.05, 0.1) is 11.0 Å². The molecule has 0 radical (unpaired) electrons. The molecule has 3 N–H and O–H groups in total. The number of hydrogen-bond donors (Lipinski definition) is 2. The van der Waals surface area contributed by atoms with E-state index in [4.69, 9.17) is 5.73 Å². The summed E-state index contributed by atoms with van der Waals surface area (Å²) in [6.45, 7) is 2.83. The number of anilines is 2. The molecule has 6 heteroatoms. The Morgan fingerprint density at radius 3 is 3.00 bits per heavy atom. The lowest BCUT2D eigenvalue weighted by atomic mass is 10.4. The normalized spacial score (nSPS) is 10.4. The van der Waals surface area contributed by atoms with Gasteiger partial charge in [0.15, 0.2) is 0 Å². The van der Waals surface area contributed by atoms with Crippen molar-refractivity contribution in [2.45, 2.75) is 13.5 Å². The highest BCUT2D eigenvalue weighted by atomic mass is 79.9. The van der Waals surface area contributed by atoms with Gasteiger partial charge in [-0.1, -0.05) is 0 Å². The van der Waals surface area contributed by atoms with Gasteiger partial charge in [0, 0.05) is 16.0 Å². The summed E-state index contributed by atoms with van der Waals surface area (Å²) in [5.74, 6) is 0.992. The Bertz CT molecular complexity index is 497. The van der Waals surface area contributed by atoms with Gasteiger partial charge in [-0.05, 0) is 35.0 Å². The maximum Gasteiger partial charge on any atom is 0.221 e. The van der Waals surface area contributed by atoms with E-state index in [0.717, 1.165) is 16.8 Å². The van der Waals surface area contributed by atoms with Gasteiger partial charge < -0.3 is 11.1 Å². The lowest BCUT2D eigenvalue weighted by Gasteiger charge is -2.06. The fraction of sp³-hybridized carbons (Fsp3) is 0.200. The van der Waals surface area contributed by atoms with Gasteiger partial charge in [-0.3, -0.25) is 0 Å². The number of nitrogens with one attached hydrogen (secondary N) is 1. The fourth-order valence-corrected chi connectivity index (χ4v) is 2.42. The largest absolute Gasteiger partial charge is 0.368 e. The average Bonchev–Trinajstić information content (AvgIpc) is 2.66. The van der Waals surface area contributed by atoms with Crippen LogP contribution in [-0.4, -0.2) is 9.97 Å². The molecule has 4 nitrogen and oxygen atoms in total. The number of nitrogens with two attached hydrogens (primary N) is 1. The second-order valence-corrected chi connectivity index (χ2v) is 5.52. The maximum atomic E-state index is 5.52. The third-order valence-corrected chi connectivity index (χ3v) is 3.57. The molecule has 0 saturated heterocycles. The molecular weight excluding hydrogens is 288 g/mol. The summed E-state index contributed by atoms with van der Waals surface area (Å²) in [4.78, 5) is 10.6. The van der Waals surface area contributed by atoms with E-state index < -0.39 is 0 Å². The highest BCUT2D eigenvalue weighted by Gasteiger charge is 2.03. The van der Waals surface area contributed by atoms with Crippen molar-refractivity contribution in [3.63, 3.8) is 0 Å². The van der Waals surface area contributed by atoms with Gasteiger partial charge in [-0.2, -0.15) is 4.98 Å². The first-order valence-corrected chi connectivity index (χ1v) is 6.33. The molecule has 0 saturated carbocycles. The van der Waals surface area contributed by atoms with E-state index in [2.05, 4.69) is 50.3 Å². The summed E-state index contributed by atoms with van der Waals surface area (Å²) in [6, 6.07) is 4.20. The zero-order chi connectivity index (χ0) is 11.5. The van der Waals surface area contributed by atoms with Crippen LogP contribution in [0.25, 0.3) is 0 Å². The number of hydrogen-bond acceptors (Lipinski definition) is 5. The van der Waals surface area contributed by atoms with Gasteiger partial charge in [0.2, 0.25) is 5.95 Å². The zero-order valence-corrected chi connectivity index (χ0v) is 11.1. The second kappa shape index (κ2) is 4.80. The summed E-state index contributed by atoms with van der Waals surface area (Å²) < 4.78 is 0.815. The molecule has 0 fully saturated rings. The minimum Gasteiger partial charge on any atom is -0.368 e. The van der Waals surface area contributed by atoms with Crippen LogP contribution in [0.5, 0.6) is 0 Å². The highest BCUT2D eigenvalue weighted by molar-refractivity contribution is 9.10. The number of rotatable bonds is 3. The monoisotopic (exact) mass is 298 g/mol. The van der Waals surface area contributed by atoms with Crippen LogP contribution in [-0.2, 0) is 6.54 Å². The lowest BCUT2D eigenvalue weighted by molar-refractivity contribution is 1.10. The molecular formula is C10H11BrN4S. The smallest absolute Gasteiger partial charge is 0.221 e. The number of halogens is 1. The van der Waals surface area contributed by atoms with Crippen molar-refractivity contribution < 1.29 is 0 Å². The standard InChI is InChI=1S/C10H11BrN4S/c1-6-2-3-7(16-6)4-13-9-8(11)5-14-10(12)15-9/h2-3,5H,4H2,1H3,(H3,12,13,14,15). The Hall–Kier alpha value is -1.14. The maximum absolute atomic E-state index is 5.52. The summed E-state index contributed by atoms with van der Waals surface area (Å²) in [5.41, 5.74) is 5.52. The van der Waals surface area contributed by atoms with Crippen molar-refractivity contribution in [3.05, 3.63) is 32.6 Å². The van der Waals surface area contributed by atoms with Crippen LogP contribution in [0.3, 0.4) is 0 Å². The molecule has 0 aliphatic heterocycles. The molecule has 0 aliphatic carbocycles. The average molecular weight is 299 g/mol. The Balaban J connectivity index is 2.07. The molecule has 0 atom stereocenters. The summed E-state index contributed by atoms with van der Waals surface area (Å²) in [7, 11) is 0. The quantitative estimate of drug-likeness (QED) is 0.914. The predicted molar refractivity (Wildman–Crippen MR) is 70.5 cm³/mol. The van der Waals surface area contributed by atoms with Crippen LogP contribution < -0.4 is 11.1 Å².